The topological polar surface area (TPSA) is 32.7 Å². The maximum Gasteiger partial charge on any atom is 0.182 e. The van der Waals surface area contributed by atoms with Gasteiger partial charge in [-0.05, 0) is 19.0 Å². The van der Waals surface area contributed by atoms with Crippen LogP contribution in [0.2, 0.25) is 6.04 Å². The molecule has 72 valence electrons. The van der Waals surface area contributed by atoms with Crippen LogP contribution < -0.4 is 0 Å². The summed E-state index contributed by atoms with van der Waals surface area (Å²) in [7, 11) is 2.90. The predicted octanol–water partition coefficient (Wildman–Crippen LogP) is -1.02. The molecule has 1 aliphatic rings. The van der Waals surface area contributed by atoms with Gasteiger partial charge in [0.2, 0.25) is 0 Å². The minimum atomic E-state index is -1.05. The number of hydrogen-bond acceptors (Lipinski definition) is 3. The lowest BCUT2D eigenvalue weighted by Crippen LogP contribution is -2.37. The summed E-state index contributed by atoms with van der Waals surface area (Å²) in [6.45, 7) is 4.98. The molecule has 0 aliphatic carbocycles. The summed E-state index contributed by atoms with van der Waals surface area (Å²) in [5.74, 6) is 0. The molecule has 6 radical (unpaired) electrons. The van der Waals surface area contributed by atoms with Crippen LogP contribution in [0.1, 0.15) is 6.42 Å². The normalized spacial score (nSPS) is 19.6. The van der Waals surface area contributed by atoms with Gasteiger partial charge < -0.3 is 9.53 Å². The Labute approximate surface area is 87.0 Å². The van der Waals surface area contributed by atoms with Crippen molar-refractivity contribution in [1.82, 2.24) is 4.90 Å². The Balaban J connectivity index is 1.98. The summed E-state index contributed by atoms with van der Waals surface area (Å²) in [6.07, 6.45) is 1.13. The van der Waals surface area contributed by atoms with Gasteiger partial charge in [-0.1, -0.05) is 0 Å². The second kappa shape index (κ2) is 6.91. The zero-order valence-electron chi connectivity index (χ0n) is 7.75. The average Bonchev–Trinajstić information content (AvgIpc) is 2.19. The van der Waals surface area contributed by atoms with Gasteiger partial charge in [0.05, 0.1) is 13.2 Å². The number of rotatable bonds is 5. The first-order valence-electron chi connectivity index (χ1n) is 4.60. The van der Waals surface area contributed by atoms with Gasteiger partial charge in [0.1, 0.15) is 0 Å². The molecule has 0 saturated carbocycles. The fourth-order valence-electron chi connectivity index (χ4n) is 1.36. The van der Waals surface area contributed by atoms with Crippen molar-refractivity contribution in [1.29, 1.82) is 0 Å². The van der Waals surface area contributed by atoms with Gasteiger partial charge in [0.25, 0.3) is 0 Å². The maximum atomic E-state index is 9.41. The maximum absolute atomic E-state index is 9.41. The van der Waals surface area contributed by atoms with Crippen LogP contribution in [0.25, 0.3) is 0 Å². The van der Waals surface area contributed by atoms with Crippen molar-refractivity contribution in [2.75, 3.05) is 32.8 Å². The molecule has 3 nitrogen and oxygen atoms in total. The Morgan fingerprint density at radius 3 is 2.77 bits per heavy atom. The lowest BCUT2D eigenvalue weighted by atomic mass is 10.3. The fourth-order valence-corrected chi connectivity index (χ4v) is 4.01. The SMILES string of the molecule is O[Si](CCCN1CCOCC1)[Si][Si]. The molecule has 0 aromatic heterocycles. The van der Waals surface area contributed by atoms with E-state index in [1.165, 1.54) is 0 Å². The number of ether oxygens (including phenoxy) is 1. The van der Waals surface area contributed by atoms with Gasteiger partial charge in [-0.3, -0.25) is 4.90 Å². The van der Waals surface area contributed by atoms with Crippen molar-refractivity contribution in [2.24, 2.45) is 0 Å². The van der Waals surface area contributed by atoms with E-state index in [0.717, 1.165) is 45.3 Å². The number of hydrogen-bond donors (Lipinski definition) is 1. The molecule has 0 spiro atoms. The molecular formula is C7H15NO2Si3. The van der Waals surface area contributed by atoms with Crippen LogP contribution in [0.15, 0.2) is 0 Å². The molecule has 0 atom stereocenters. The summed E-state index contributed by atoms with van der Waals surface area (Å²) in [5, 5.41) is 0. The van der Waals surface area contributed by atoms with Crippen LogP contribution in [-0.2, 0) is 4.74 Å². The largest absolute Gasteiger partial charge is 0.435 e. The molecule has 0 aromatic rings. The Morgan fingerprint density at radius 1 is 1.46 bits per heavy atom. The lowest BCUT2D eigenvalue weighted by molar-refractivity contribution is 0.0379. The van der Waals surface area contributed by atoms with Gasteiger partial charge >= 0.3 is 0 Å². The monoisotopic (exact) mass is 229 g/mol. The first-order valence-corrected chi connectivity index (χ1v) is 9.76. The van der Waals surface area contributed by atoms with Crippen molar-refractivity contribution in [3.8, 4) is 0 Å². The smallest absolute Gasteiger partial charge is 0.182 e. The van der Waals surface area contributed by atoms with Crippen LogP contribution >= 0.6 is 0 Å². The van der Waals surface area contributed by atoms with E-state index in [2.05, 4.69) is 14.7 Å². The quantitative estimate of drug-likeness (QED) is 0.613. The third-order valence-electron chi connectivity index (χ3n) is 2.14. The second-order valence-electron chi connectivity index (χ2n) is 3.13. The van der Waals surface area contributed by atoms with Crippen LogP contribution in [0.5, 0.6) is 0 Å². The molecule has 1 fully saturated rings. The Bertz CT molecular complexity index is 133. The minimum absolute atomic E-state index is 0.570. The first-order chi connectivity index (χ1) is 6.33. The third kappa shape index (κ3) is 5.09. The van der Waals surface area contributed by atoms with Crippen molar-refractivity contribution in [3.05, 3.63) is 0 Å². The van der Waals surface area contributed by atoms with E-state index in [9.17, 15) is 4.80 Å². The van der Waals surface area contributed by atoms with E-state index in [0.29, 0.717) is 8.55 Å². The zero-order valence-corrected chi connectivity index (χ0v) is 10.8. The fraction of sp³-hybridized carbons (Fsp3) is 1.00. The summed E-state index contributed by atoms with van der Waals surface area (Å²) < 4.78 is 5.26. The van der Waals surface area contributed by atoms with Crippen molar-refractivity contribution < 1.29 is 9.53 Å². The molecule has 1 N–H and O–H groups in total. The van der Waals surface area contributed by atoms with E-state index in [-0.39, 0.29) is 0 Å². The van der Waals surface area contributed by atoms with E-state index in [1.54, 1.807) is 0 Å². The summed E-state index contributed by atoms with van der Waals surface area (Å²) in [5.41, 5.74) is 0. The van der Waals surface area contributed by atoms with Gasteiger partial charge in [-0.15, -0.1) is 0 Å². The van der Waals surface area contributed by atoms with Crippen LogP contribution in [-0.4, -0.2) is 69.4 Å². The highest BCUT2D eigenvalue weighted by atomic mass is 29.5. The van der Waals surface area contributed by atoms with E-state index < -0.39 is 8.56 Å². The highest BCUT2D eigenvalue weighted by Gasteiger charge is 2.11. The number of nitrogens with zero attached hydrogens (tertiary/aromatic N) is 1. The molecule has 0 amide bonds. The molecule has 0 bridgehead atoms. The molecule has 0 aromatic carbocycles. The van der Waals surface area contributed by atoms with Crippen molar-refractivity contribution in [3.63, 3.8) is 0 Å². The minimum Gasteiger partial charge on any atom is -0.435 e. The van der Waals surface area contributed by atoms with E-state index in [1.807, 2.05) is 0 Å². The summed E-state index contributed by atoms with van der Waals surface area (Å²) in [4.78, 5) is 11.8. The molecule has 1 aliphatic heterocycles. The standard InChI is InChI=1S/C7H15NO2Si3/c9-13(12-11)7-1-2-8-3-5-10-6-4-8/h9H,1-7H2. The third-order valence-corrected chi connectivity index (χ3v) is 7.46. The van der Waals surface area contributed by atoms with Crippen LogP contribution in [0.4, 0.5) is 0 Å². The molecule has 13 heavy (non-hydrogen) atoms. The molecule has 1 rings (SSSR count). The summed E-state index contributed by atoms with van der Waals surface area (Å²) in [6, 6.07) is 1.00. The predicted molar refractivity (Wildman–Crippen MR) is 56.2 cm³/mol. The van der Waals surface area contributed by atoms with Gasteiger partial charge in [-0.2, -0.15) is 0 Å². The molecule has 6 heteroatoms. The van der Waals surface area contributed by atoms with Crippen molar-refractivity contribution >= 4 is 26.9 Å². The second-order valence-corrected chi connectivity index (χ2v) is 9.50. The molecule has 0 unspecified atom stereocenters. The zero-order chi connectivity index (χ0) is 9.52. The number of morpholine rings is 1. The lowest BCUT2D eigenvalue weighted by Gasteiger charge is -2.26. The van der Waals surface area contributed by atoms with Crippen LogP contribution in [0.3, 0.4) is 0 Å². The highest BCUT2D eigenvalue weighted by Crippen LogP contribution is 2.01. The van der Waals surface area contributed by atoms with Crippen molar-refractivity contribution in [2.45, 2.75) is 12.5 Å². The van der Waals surface area contributed by atoms with E-state index in [4.69, 9.17) is 4.74 Å². The van der Waals surface area contributed by atoms with Gasteiger partial charge in [0.15, 0.2) is 8.56 Å². The molecular weight excluding hydrogens is 214 g/mol. The average molecular weight is 229 g/mol. The van der Waals surface area contributed by atoms with Gasteiger partial charge in [-0.25, -0.2) is 0 Å². The highest BCUT2D eigenvalue weighted by molar-refractivity contribution is 7.28. The Hall–Kier alpha value is 0.531. The molecule has 1 saturated heterocycles. The van der Waals surface area contributed by atoms with E-state index >= 15 is 0 Å². The first kappa shape index (κ1) is 11.6. The summed E-state index contributed by atoms with van der Waals surface area (Å²) >= 11 is 0. The van der Waals surface area contributed by atoms with Crippen LogP contribution in [0, 0.1) is 0 Å². The molecule has 1 heterocycles. The Morgan fingerprint density at radius 2 is 2.15 bits per heavy atom. The Kier molecular flexibility index (Phi) is 6.17. The van der Waals surface area contributed by atoms with Gasteiger partial charge in [0, 0.05) is 31.4 Å².